The molecule has 1 saturated heterocycles. The molecule has 0 aromatic heterocycles. The van der Waals surface area contributed by atoms with E-state index in [1.54, 1.807) is 6.92 Å². The summed E-state index contributed by atoms with van der Waals surface area (Å²) < 4.78 is 10.3. The Morgan fingerprint density at radius 3 is 2.81 bits per heavy atom. The topological polar surface area (TPSA) is 90.7 Å². The number of ether oxygens (including phenoxy) is 2. The molecule has 1 N–H and O–H groups in total. The van der Waals surface area contributed by atoms with Gasteiger partial charge in [0.1, 0.15) is 0 Å². The largest absolute Gasteiger partial charge is 0.462 e. The van der Waals surface area contributed by atoms with Crippen LogP contribution in [0.4, 0.5) is 11.4 Å². The fourth-order valence-corrected chi connectivity index (χ4v) is 2.21. The van der Waals surface area contributed by atoms with Crippen LogP contribution in [0.25, 0.3) is 0 Å². The predicted molar refractivity (Wildman–Crippen MR) is 76.5 cm³/mol. The number of nitro groups is 1. The van der Waals surface area contributed by atoms with E-state index in [9.17, 15) is 14.9 Å². The van der Waals surface area contributed by atoms with Crippen LogP contribution in [0, 0.1) is 10.1 Å². The van der Waals surface area contributed by atoms with E-state index in [2.05, 4.69) is 5.32 Å². The molecule has 0 saturated carbocycles. The molecule has 0 unspecified atom stereocenters. The molecule has 7 nitrogen and oxygen atoms in total. The monoisotopic (exact) mass is 294 g/mol. The SMILES string of the molecule is CCOC(=O)c1ccc([N+](=O)[O-])cc1NC1CCOCC1. The Morgan fingerprint density at radius 1 is 1.48 bits per heavy atom. The maximum atomic E-state index is 11.9. The highest BCUT2D eigenvalue weighted by Crippen LogP contribution is 2.25. The molecule has 0 spiro atoms. The Kier molecular flexibility index (Phi) is 5.10. The number of hydrogen-bond donors (Lipinski definition) is 1. The Balaban J connectivity index is 2.26. The Bertz CT molecular complexity index is 526. The van der Waals surface area contributed by atoms with Crippen LogP contribution >= 0.6 is 0 Å². The summed E-state index contributed by atoms with van der Waals surface area (Å²) in [7, 11) is 0. The number of non-ortho nitro benzene ring substituents is 1. The average Bonchev–Trinajstić information content (AvgIpc) is 2.48. The number of rotatable bonds is 5. The van der Waals surface area contributed by atoms with Crippen molar-refractivity contribution in [3.8, 4) is 0 Å². The lowest BCUT2D eigenvalue weighted by molar-refractivity contribution is -0.384. The normalized spacial score (nSPS) is 15.5. The maximum Gasteiger partial charge on any atom is 0.340 e. The number of nitrogens with zero attached hydrogens (tertiary/aromatic N) is 1. The number of anilines is 1. The van der Waals surface area contributed by atoms with Crippen LogP contribution in [-0.4, -0.2) is 36.8 Å². The van der Waals surface area contributed by atoms with E-state index in [-0.39, 0.29) is 18.3 Å². The van der Waals surface area contributed by atoms with Crippen molar-refractivity contribution in [2.24, 2.45) is 0 Å². The molecule has 0 aliphatic carbocycles. The van der Waals surface area contributed by atoms with Crippen molar-refractivity contribution < 1.29 is 19.2 Å². The summed E-state index contributed by atoms with van der Waals surface area (Å²) in [4.78, 5) is 22.3. The third kappa shape index (κ3) is 3.91. The fourth-order valence-electron chi connectivity index (χ4n) is 2.21. The number of hydrogen-bond acceptors (Lipinski definition) is 6. The van der Waals surface area contributed by atoms with E-state index in [0.29, 0.717) is 24.5 Å². The smallest absolute Gasteiger partial charge is 0.340 e. The Hall–Kier alpha value is -2.15. The molecule has 0 atom stereocenters. The van der Waals surface area contributed by atoms with Crippen molar-refractivity contribution in [2.45, 2.75) is 25.8 Å². The number of nitro benzene ring substituents is 1. The first-order chi connectivity index (χ1) is 10.1. The first-order valence-electron chi connectivity index (χ1n) is 6.91. The summed E-state index contributed by atoms with van der Waals surface area (Å²) in [5.41, 5.74) is 0.695. The van der Waals surface area contributed by atoms with Gasteiger partial charge in [-0.15, -0.1) is 0 Å². The van der Waals surface area contributed by atoms with Gasteiger partial charge in [0.2, 0.25) is 0 Å². The molecular formula is C14H18N2O5. The van der Waals surface area contributed by atoms with Crippen molar-refractivity contribution in [1.82, 2.24) is 0 Å². The van der Waals surface area contributed by atoms with E-state index < -0.39 is 10.9 Å². The van der Waals surface area contributed by atoms with Gasteiger partial charge in [0.25, 0.3) is 5.69 Å². The van der Waals surface area contributed by atoms with Gasteiger partial charge in [-0.1, -0.05) is 0 Å². The van der Waals surface area contributed by atoms with Crippen molar-refractivity contribution >= 4 is 17.3 Å². The minimum atomic E-state index is -0.484. The maximum absolute atomic E-state index is 11.9. The van der Waals surface area contributed by atoms with E-state index >= 15 is 0 Å². The van der Waals surface area contributed by atoms with Gasteiger partial charge in [-0.2, -0.15) is 0 Å². The number of esters is 1. The number of carbonyl (C=O) groups excluding carboxylic acids is 1. The van der Waals surface area contributed by atoms with E-state index in [1.165, 1.54) is 18.2 Å². The van der Waals surface area contributed by atoms with E-state index in [1.807, 2.05) is 0 Å². The van der Waals surface area contributed by atoms with Crippen LogP contribution in [0.3, 0.4) is 0 Å². The highest BCUT2D eigenvalue weighted by atomic mass is 16.6. The summed E-state index contributed by atoms with van der Waals surface area (Å²) in [6, 6.07) is 4.25. The van der Waals surface area contributed by atoms with Gasteiger partial charge in [0, 0.05) is 31.4 Å². The third-order valence-corrected chi connectivity index (χ3v) is 3.29. The number of nitrogens with one attached hydrogen (secondary N) is 1. The van der Waals surface area contributed by atoms with Crippen molar-refractivity contribution in [3.05, 3.63) is 33.9 Å². The van der Waals surface area contributed by atoms with Gasteiger partial charge in [0.15, 0.2) is 0 Å². The molecule has 7 heteroatoms. The van der Waals surface area contributed by atoms with Crippen LogP contribution in [0.5, 0.6) is 0 Å². The Morgan fingerprint density at radius 2 is 2.19 bits per heavy atom. The minimum absolute atomic E-state index is 0.0578. The molecule has 0 amide bonds. The lowest BCUT2D eigenvalue weighted by Crippen LogP contribution is -2.28. The molecule has 114 valence electrons. The first kappa shape index (κ1) is 15.2. The second-order valence-electron chi connectivity index (χ2n) is 4.74. The quantitative estimate of drug-likeness (QED) is 0.509. The summed E-state index contributed by atoms with van der Waals surface area (Å²) in [5, 5.41) is 14.1. The average molecular weight is 294 g/mol. The molecule has 1 fully saturated rings. The molecule has 1 aromatic carbocycles. The summed E-state index contributed by atoms with van der Waals surface area (Å²) in [5.74, 6) is -0.484. The van der Waals surface area contributed by atoms with Gasteiger partial charge in [-0.25, -0.2) is 4.79 Å². The molecular weight excluding hydrogens is 276 g/mol. The first-order valence-corrected chi connectivity index (χ1v) is 6.91. The second-order valence-corrected chi connectivity index (χ2v) is 4.74. The van der Waals surface area contributed by atoms with Gasteiger partial charge in [-0.3, -0.25) is 10.1 Å². The van der Waals surface area contributed by atoms with Gasteiger partial charge < -0.3 is 14.8 Å². The lowest BCUT2D eigenvalue weighted by atomic mass is 10.1. The predicted octanol–water partition coefficient (Wildman–Crippen LogP) is 2.36. The molecule has 1 aromatic rings. The number of benzene rings is 1. The standard InChI is InChI=1S/C14H18N2O5/c1-2-21-14(17)12-4-3-11(16(18)19)9-13(12)15-10-5-7-20-8-6-10/h3-4,9-10,15H,2,5-8H2,1H3. The summed E-state index contributed by atoms with van der Waals surface area (Å²) >= 11 is 0. The Labute approximate surface area is 122 Å². The van der Waals surface area contributed by atoms with Crippen LogP contribution in [0.15, 0.2) is 18.2 Å². The molecule has 1 aliphatic heterocycles. The zero-order chi connectivity index (χ0) is 15.2. The molecule has 21 heavy (non-hydrogen) atoms. The molecule has 0 radical (unpaired) electrons. The molecule has 0 bridgehead atoms. The summed E-state index contributed by atoms with van der Waals surface area (Å²) in [6.07, 6.45) is 1.59. The van der Waals surface area contributed by atoms with Crippen LogP contribution in [0.2, 0.25) is 0 Å². The molecule has 2 rings (SSSR count). The van der Waals surface area contributed by atoms with Gasteiger partial charge >= 0.3 is 5.97 Å². The highest BCUT2D eigenvalue weighted by Gasteiger charge is 2.20. The van der Waals surface area contributed by atoms with Crippen molar-refractivity contribution in [3.63, 3.8) is 0 Å². The van der Waals surface area contributed by atoms with Gasteiger partial charge in [-0.05, 0) is 25.8 Å². The van der Waals surface area contributed by atoms with Crippen molar-refractivity contribution in [2.75, 3.05) is 25.1 Å². The zero-order valence-corrected chi connectivity index (χ0v) is 11.8. The van der Waals surface area contributed by atoms with E-state index in [4.69, 9.17) is 9.47 Å². The third-order valence-electron chi connectivity index (χ3n) is 3.29. The number of carbonyl (C=O) groups is 1. The lowest BCUT2D eigenvalue weighted by Gasteiger charge is -2.25. The minimum Gasteiger partial charge on any atom is -0.462 e. The molecule has 1 aliphatic rings. The summed E-state index contributed by atoms with van der Waals surface area (Å²) in [6.45, 7) is 3.25. The van der Waals surface area contributed by atoms with Gasteiger partial charge in [0.05, 0.1) is 22.8 Å². The second kappa shape index (κ2) is 7.03. The van der Waals surface area contributed by atoms with Crippen LogP contribution < -0.4 is 5.32 Å². The zero-order valence-electron chi connectivity index (χ0n) is 11.8. The van der Waals surface area contributed by atoms with Crippen LogP contribution in [0.1, 0.15) is 30.1 Å². The fraction of sp³-hybridized carbons (Fsp3) is 0.500. The highest BCUT2D eigenvalue weighted by molar-refractivity contribution is 5.96. The van der Waals surface area contributed by atoms with Crippen molar-refractivity contribution in [1.29, 1.82) is 0 Å². The molecule has 1 heterocycles. The van der Waals surface area contributed by atoms with E-state index in [0.717, 1.165) is 12.8 Å². The van der Waals surface area contributed by atoms with Crippen LogP contribution in [-0.2, 0) is 9.47 Å².